The first kappa shape index (κ1) is 20.3. The van der Waals surface area contributed by atoms with E-state index in [1.807, 2.05) is 44.2 Å². The van der Waals surface area contributed by atoms with Crippen molar-refractivity contribution < 1.29 is 19.8 Å². The Labute approximate surface area is 159 Å². The maximum Gasteiger partial charge on any atom is 0.405 e. The number of carboxylic acid groups (broad SMARTS) is 1. The summed E-state index contributed by atoms with van der Waals surface area (Å²) in [6.07, 6.45) is 0.280. The molecule has 0 aromatic heterocycles. The average Bonchev–Trinajstić information content (AvgIpc) is 2.58. The lowest BCUT2D eigenvalue weighted by atomic mass is 9.94. The summed E-state index contributed by atoms with van der Waals surface area (Å²) in [6, 6.07) is 14.7. The maximum atomic E-state index is 12.1. The van der Waals surface area contributed by atoms with Crippen LogP contribution in [0.5, 0.6) is 5.75 Å². The Balaban J connectivity index is 1.86. The third-order valence-electron chi connectivity index (χ3n) is 4.19. The Kier molecular flexibility index (Phi) is 6.82. The van der Waals surface area contributed by atoms with Crippen molar-refractivity contribution in [3.63, 3.8) is 0 Å². The number of para-hydroxylation sites is 1. The molecule has 0 radical (unpaired) electrons. The molecule has 0 aliphatic rings. The van der Waals surface area contributed by atoms with Crippen molar-refractivity contribution in [3.8, 4) is 5.75 Å². The first-order valence-corrected chi connectivity index (χ1v) is 8.88. The highest BCUT2D eigenvalue weighted by molar-refractivity contribution is 5.76. The van der Waals surface area contributed by atoms with Gasteiger partial charge < -0.3 is 20.8 Å². The standard InChI is InChI=1S/C21H26N2O4/c1-21(2,23-20(26)27)13-15-6-5-7-16(12-15)14-22-19(25)11-10-17-8-3-4-9-18(17)24/h3-9,12,23-24H,10-11,13-14H2,1-2H3,(H,22,25)(H,26,27). The van der Waals surface area contributed by atoms with E-state index in [0.717, 1.165) is 16.7 Å². The minimum absolute atomic E-state index is 0.0865. The lowest BCUT2D eigenvalue weighted by Gasteiger charge is -2.24. The van der Waals surface area contributed by atoms with Gasteiger partial charge in [0.25, 0.3) is 0 Å². The van der Waals surface area contributed by atoms with Crippen LogP contribution in [0, 0.1) is 0 Å². The Morgan fingerprint density at radius 2 is 1.74 bits per heavy atom. The van der Waals surface area contributed by atoms with Crippen molar-refractivity contribution in [1.82, 2.24) is 10.6 Å². The van der Waals surface area contributed by atoms with Gasteiger partial charge in [0.15, 0.2) is 0 Å². The third-order valence-corrected chi connectivity index (χ3v) is 4.19. The molecule has 0 bridgehead atoms. The smallest absolute Gasteiger partial charge is 0.405 e. The Bertz CT molecular complexity index is 802. The first-order chi connectivity index (χ1) is 12.7. The van der Waals surface area contributed by atoms with E-state index in [4.69, 9.17) is 5.11 Å². The molecule has 2 rings (SSSR count). The topological polar surface area (TPSA) is 98.7 Å². The summed E-state index contributed by atoms with van der Waals surface area (Å²) in [6.45, 7) is 4.06. The molecule has 0 spiro atoms. The summed E-state index contributed by atoms with van der Waals surface area (Å²) < 4.78 is 0. The van der Waals surface area contributed by atoms with E-state index in [0.29, 0.717) is 25.8 Å². The predicted octanol–water partition coefficient (Wildman–Crippen LogP) is 3.23. The molecule has 6 nitrogen and oxygen atoms in total. The number of nitrogens with one attached hydrogen (secondary N) is 2. The van der Waals surface area contributed by atoms with E-state index in [-0.39, 0.29) is 11.7 Å². The van der Waals surface area contributed by atoms with Gasteiger partial charge in [-0.3, -0.25) is 4.79 Å². The van der Waals surface area contributed by atoms with Gasteiger partial charge in [0.1, 0.15) is 5.75 Å². The number of aryl methyl sites for hydroxylation is 1. The third kappa shape index (κ3) is 7.01. The molecule has 0 saturated heterocycles. The monoisotopic (exact) mass is 370 g/mol. The van der Waals surface area contributed by atoms with Crippen LogP contribution in [0.2, 0.25) is 0 Å². The van der Waals surface area contributed by atoms with Gasteiger partial charge in [-0.05, 0) is 49.4 Å². The molecule has 4 N–H and O–H groups in total. The molecule has 0 fully saturated rings. The fraction of sp³-hybridized carbons (Fsp3) is 0.333. The van der Waals surface area contributed by atoms with E-state index in [2.05, 4.69) is 10.6 Å². The van der Waals surface area contributed by atoms with Gasteiger partial charge in [0.2, 0.25) is 5.91 Å². The number of phenolic OH excluding ortho intramolecular Hbond substituents is 1. The van der Waals surface area contributed by atoms with E-state index < -0.39 is 11.6 Å². The van der Waals surface area contributed by atoms with Crippen molar-refractivity contribution >= 4 is 12.0 Å². The summed E-state index contributed by atoms with van der Waals surface area (Å²) >= 11 is 0. The number of carbonyl (C=O) groups excluding carboxylic acids is 1. The number of benzene rings is 2. The zero-order valence-corrected chi connectivity index (χ0v) is 15.7. The van der Waals surface area contributed by atoms with Crippen LogP contribution in [0.4, 0.5) is 4.79 Å². The maximum absolute atomic E-state index is 12.1. The van der Waals surface area contributed by atoms with Gasteiger partial charge in [-0.1, -0.05) is 42.5 Å². The molecule has 2 aromatic rings. The fourth-order valence-corrected chi connectivity index (χ4v) is 2.95. The second kappa shape index (κ2) is 9.07. The molecular weight excluding hydrogens is 344 g/mol. The Hall–Kier alpha value is -3.02. The molecule has 2 aromatic carbocycles. The highest BCUT2D eigenvalue weighted by Crippen LogP contribution is 2.17. The summed E-state index contributed by atoms with van der Waals surface area (Å²) in [5, 5.41) is 24.0. The molecule has 0 saturated carbocycles. The van der Waals surface area contributed by atoms with Crippen molar-refractivity contribution in [2.24, 2.45) is 0 Å². The molecule has 2 amide bonds. The molecule has 27 heavy (non-hydrogen) atoms. The first-order valence-electron chi connectivity index (χ1n) is 8.88. The SMILES string of the molecule is CC(C)(Cc1cccc(CNC(=O)CCc2ccccc2O)c1)NC(=O)O. The van der Waals surface area contributed by atoms with E-state index in [1.165, 1.54) is 0 Å². The van der Waals surface area contributed by atoms with Crippen LogP contribution in [0.15, 0.2) is 48.5 Å². The van der Waals surface area contributed by atoms with Crippen LogP contribution in [0.1, 0.15) is 37.0 Å². The molecule has 0 unspecified atom stereocenters. The number of amides is 2. The normalized spacial score (nSPS) is 11.0. The Morgan fingerprint density at radius 1 is 1.04 bits per heavy atom. The number of carbonyl (C=O) groups is 2. The zero-order chi connectivity index (χ0) is 19.9. The van der Waals surface area contributed by atoms with Gasteiger partial charge in [-0.25, -0.2) is 4.79 Å². The van der Waals surface area contributed by atoms with Crippen LogP contribution in [0.3, 0.4) is 0 Å². The average molecular weight is 370 g/mol. The van der Waals surface area contributed by atoms with E-state index >= 15 is 0 Å². The van der Waals surface area contributed by atoms with Crippen LogP contribution < -0.4 is 10.6 Å². The van der Waals surface area contributed by atoms with Gasteiger partial charge >= 0.3 is 6.09 Å². The highest BCUT2D eigenvalue weighted by atomic mass is 16.4. The number of hydrogen-bond acceptors (Lipinski definition) is 3. The molecule has 0 aliphatic heterocycles. The van der Waals surface area contributed by atoms with Gasteiger partial charge in [0.05, 0.1) is 0 Å². The molecule has 6 heteroatoms. The molecular formula is C21H26N2O4. The zero-order valence-electron chi connectivity index (χ0n) is 15.7. The number of rotatable bonds is 8. The Morgan fingerprint density at radius 3 is 2.44 bits per heavy atom. The largest absolute Gasteiger partial charge is 0.508 e. The summed E-state index contributed by atoms with van der Waals surface area (Å²) in [5.74, 6) is 0.118. The second-order valence-electron chi connectivity index (χ2n) is 7.22. The number of aromatic hydroxyl groups is 1. The lowest BCUT2D eigenvalue weighted by Crippen LogP contribution is -2.44. The minimum atomic E-state index is -1.05. The minimum Gasteiger partial charge on any atom is -0.508 e. The van der Waals surface area contributed by atoms with Gasteiger partial charge in [0, 0.05) is 18.5 Å². The quantitative estimate of drug-likeness (QED) is 0.573. The summed E-state index contributed by atoms with van der Waals surface area (Å²) in [5.41, 5.74) is 2.12. The van der Waals surface area contributed by atoms with Crippen LogP contribution >= 0.6 is 0 Å². The van der Waals surface area contributed by atoms with Crippen molar-refractivity contribution in [2.75, 3.05) is 0 Å². The van der Waals surface area contributed by atoms with Gasteiger partial charge in [-0.2, -0.15) is 0 Å². The van der Waals surface area contributed by atoms with Crippen LogP contribution in [0.25, 0.3) is 0 Å². The molecule has 144 valence electrons. The number of hydrogen-bond donors (Lipinski definition) is 4. The van der Waals surface area contributed by atoms with Crippen LogP contribution in [-0.4, -0.2) is 27.8 Å². The highest BCUT2D eigenvalue weighted by Gasteiger charge is 2.20. The van der Waals surface area contributed by atoms with Crippen molar-refractivity contribution in [2.45, 2.75) is 45.2 Å². The van der Waals surface area contributed by atoms with E-state index in [1.54, 1.807) is 18.2 Å². The van der Waals surface area contributed by atoms with Gasteiger partial charge in [-0.15, -0.1) is 0 Å². The number of phenols is 1. The van der Waals surface area contributed by atoms with Crippen molar-refractivity contribution in [3.05, 3.63) is 65.2 Å². The second-order valence-corrected chi connectivity index (χ2v) is 7.22. The lowest BCUT2D eigenvalue weighted by molar-refractivity contribution is -0.121. The van der Waals surface area contributed by atoms with E-state index in [9.17, 15) is 14.7 Å². The molecule has 0 aliphatic carbocycles. The fourth-order valence-electron chi connectivity index (χ4n) is 2.95. The molecule has 0 atom stereocenters. The van der Waals surface area contributed by atoms with Crippen molar-refractivity contribution in [1.29, 1.82) is 0 Å². The van der Waals surface area contributed by atoms with Crippen LogP contribution in [-0.2, 0) is 24.2 Å². The predicted molar refractivity (Wildman–Crippen MR) is 104 cm³/mol. The summed E-state index contributed by atoms with van der Waals surface area (Å²) in [7, 11) is 0. The summed E-state index contributed by atoms with van der Waals surface area (Å²) in [4.78, 5) is 22.9. The molecule has 0 heterocycles.